The third-order valence-electron chi connectivity index (χ3n) is 2.08. The van der Waals surface area contributed by atoms with E-state index in [0.717, 1.165) is 11.9 Å². The summed E-state index contributed by atoms with van der Waals surface area (Å²) in [6.07, 6.45) is 0.912. The van der Waals surface area contributed by atoms with Crippen molar-refractivity contribution in [3.8, 4) is 0 Å². The molecule has 5 heteroatoms. The van der Waals surface area contributed by atoms with E-state index in [1.165, 1.54) is 0 Å². The summed E-state index contributed by atoms with van der Waals surface area (Å²) in [6.45, 7) is 2.54. The lowest BCUT2D eigenvalue weighted by Crippen LogP contribution is -2.45. The van der Waals surface area contributed by atoms with Crippen LogP contribution < -0.4 is 11.1 Å². The molecule has 3 N–H and O–H groups in total. The molecule has 0 unspecified atom stereocenters. The van der Waals surface area contributed by atoms with E-state index >= 15 is 0 Å². The molecule has 1 aromatic carbocycles. The topological polar surface area (TPSA) is 55.5 Å². The second kappa shape index (κ2) is 6.13. The lowest BCUT2D eigenvalue weighted by Gasteiger charge is -2.12. The molecular weight excluding hydrogens is 212 g/mol. The Balaban J connectivity index is 2.82. The Morgan fingerprint density at radius 3 is 2.87 bits per heavy atom. The SMILES string of the molecule is CCCOB(N)c1ccc(Cl)cc1CO. The average Bonchev–Trinajstić information content (AvgIpc) is 2.25. The summed E-state index contributed by atoms with van der Waals surface area (Å²) in [4.78, 5) is 0. The first-order chi connectivity index (χ1) is 7.19. The number of nitrogens with two attached hydrogens (primary N) is 1. The quantitative estimate of drug-likeness (QED) is 0.735. The Labute approximate surface area is 95.3 Å². The van der Waals surface area contributed by atoms with Gasteiger partial charge < -0.3 is 15.4 Å². The molecule has 0 saturated heterocycles. The van der Waals surface area contributed by atoms with Crippen LogP contribution in [0.4, 0.5) is 0 Å². The molecular formula is C10H15BClNO2. The van der Waals surface area contributed by atoms with E-state index in [1.807, 2.05) is 6.92 Å². The van der Waals surface area contributed by atoms with Gasteiger partial charge in [-0.05, 0) is 29.6 Å². The first kappa shape index (κ1) is 12.5. The molecule has 0 bridgehead atoms. The van der Waals surface area contributed by atoms with Crippen LogP contribution in [0.15, 0.2) is 18.2 Å². The van der Waals surface area contributed by atoms with E-state index in [2.05, 4.69) is 0 Å². The zero-order valence-electron chi connectivity index (χ0n) is 8.74. The first-order valence-electron chi connectivity index (χ1n) is 4.95. The molecule has 0 heterocycles. The number of halogens is 1. The van der Waals surface area contributed by atoms with E-state index in [0.29, 0.717) is 17.2 Å². The van der Waals surface area contributed by atoms with Crippen molar-refractivity contribution in [1.29, 1.82) is 0 Å². The summed E-state index contributed by atoms with van der Waals surface area (Å²) < 4.78 is 5.38. The summed E-state index contributed by atoms with van der Waals surface area (Å²) >= 11 is 5.81. The van der Waals surface area contributed by atoms with Gasteiger partial charge >= 0.3 is 7.05 Å². The Bertz CT molecular complexity index is 322. The maximum Gasteiger partial charge on any atom is 0.413 e. The van der Waals surface area contributed by atoms with Gasteiger partial charge in [0.1, 0.15) is 0 Å². The van der Waals surface area contributed by atoms with Gasteiger partial charge in [-0.3, -0.25) is 0 Å². The predicted octanol–water partition coefficient (Wildman–Crippen LogP) is 0.913. The molecule has 0 atom stereocenters. The van der Waals surface area contributed by atoms with Gasteiger partial charge in [0.05, 0.1) is 6.61 Å². The smallest absolute Gasteiger partial charge is 0.413 e. The van der Waals surface area contributed by atoms with Gasteiger partial charge in [0.15, 0.2) is 0 Å². The molecule has 1 aromatic rings. The normalized spacial score (nSPS) is 10.4. The second-order valence-electron chi connectivity index (χ2n) is 3.29. The van der Waals surface area contributed by atoms with Crippen molar-refractivity contribution < 1.29 is 9.76 Å². The van der Waals surface area contributed by atoms with E-state index in [9.17, 15) is 0 Å². The number of hydrogen-bond donors (Lipinski definition) is 2. The van der Waals surface area contributed by atoms with E-state index in [1.54, 1.807) is 18.2 Å². The summed E-state index contributed by atoms with van der Waals surface area (Å²) in [7, 11) is -0.496. The highest BCUT2D eigenvalue weighted by Crippen LogP contribution is 2.09. The number of rotatable bonds is 5. The molecule has 15 heavy (non-hydrogen) atoms. The van der Waals surface area contributed by atoms with Crippen LogP contribution in [0.25, 0.3) is 0 Å². The van der Waals surface area contributed by atoms with E-state index in [4.69, 9.17) is 27.0 Å². The van der Waals surface area contributed by atoms with Crippen molar-refractivity contribution in [1.82, 2.24) is 0 Å². The summed E-state index contributed by atoms with van der Waals surface area (Å²) in [5.41, 5.74) is 7.33. The monoisotopic (exact) mass is 227 g/mol. The Hall–Kier alpha value is -0.545. The van der Waals surface area contributed by atoms with Crippen LogP contribution >= 0.6 is 11.6 Å². The largest absolute Gasteiger partial charge is 0.418 e. The van der Waals surface area contributed by atoms with E-state index < -0.39 is 7.05 Å². The minimum absolute atomic E-state index is 0.0842. The van der Waals surface area contributed by atoms with Crippen LogP contribution in [0.3, 0.4) is 0 Å². The lowest BCUT2D eigenvalue weighted by molar-refractivity contribution is 0.281. The van der Waals surface area contributed by atoms with Crippen LogP contribution in [-0.4, -0.2) is 18.8 Å². The summed E-state index contributed by atoms with van der Waals surface area (Å²) in [5.74, 6) is 0. The third kappa shape index (κ3) is 3.50. The van der Waals surface area contributed by atoms with Crippen molar-refractivity contribution in [2.75, 3.05) is 6.61 Å². The van der Waals surface area contributed by atoms with Crippen LogP contribution in [0.2, 0.25) is 5.02 Å². The number of aliphatic hydroxyl groups is 1. The zero-order chi connectivity index (χ0) is 11.3. The Morgan fingerprint density at radius 2 is 2.27 bits per heavy atom. The standard InChI is InChI=1S/C10H15BClNO2/c1-2-5-15-11(13)10-4-3-9(12)6-8(10)7-14/h3-4,6,14H,2,5,7,13H2,1H3. The first-order valence-corrected chi connectivity index (χ1v) is 5.33. The fraction of sp³-hybridized carbons (Fsp3) is 0.400. The maximum atomic E-state index is 9.15. The minimum Gasteiger partial charge on any atom is -0.418 e. The molecule has 0 radical (unpaired) electrons. The highest BCUT2D eigenvalue weighted by Gasteiger charge is 2.17. The Morgan fingerprint density at radius 1 is 1.53 bits per heavy atom. The Kier molecular flexibility index (Phi) is 5.12. The van der Waals surface area contributed by atoms with Crippen molar-refractivity contribution in [3.05, 3.63) is 28.8 Å². The van der Waals surface area contributed by atoms with Gasteiger partial charge in [-0.2, -0.15) is 0 Å². The fourth-order valence-corrected chi connectivity index (χ4v) is 1.52. The van der Waals surface area contributed by atoms with Crippen molar-refractivity contribution in [2.45, 2.75) is 20.0 Å². The van der Waals surface area contributed by atoms with Crippen LogP contribution in [0, 0.1) is 0 Å². The molecule has 0 aliphatic rings. The maximum absolute atomic E-state index is 9.15. The molecule has 0 saturated carbocycles. The molecule has 0 fully saturated rings. The van der Waals surface area contributed by atoms with Gasteiger partial charge in [0.25, 0.3) is 0 Å². The average molecular weight is 227 g/mol. The predicted molar refractivity (Wildman–Crippen MR) is 63.2 cm³/mol. The highest BCUT2D eigenvalue weighted by molar-refractivity contribution is 6.64. The highest BCUT2D eigenvalue weighted by atomic mass is 35.5. The molecule has 82 valence electrons. The number of hydrogen-bond acceptors (Lipinski definition) is 3. The van der Waals surface area contributed by atoms with Crippen molar-refractivity contribution in [2.24, 2.45) is 5.64 Å². The van der Waals surface area contributed by atoms with Gasteiger partial charge in [0, 0.05) is 11.6 Å². The number of benzene rings is 1. The summed E-state index contributed by atoms with van der Waals surface area (Å²) in [6, 6.07) is 5.23. The fourth-order valence-electron chi connectivity index (χ4n) is 1.32. The van der Waals surface area contributed by atoms with Crippen LogP contribution in [0.1, 0.15) is 18.9 Å². The van der Waals surface area contributed by atoms with E-state index in [-0.39, 0.29) is 6.61 Å². The zero-order valence-corrected chi connectivity index (χ0v) is 9.50. The minimum atomic E-state index is -0.496. The lowest BCUT2D eigenvalue weighted by atomic mass is 9.72. The molecule has 0 amide bonds. The summed E-state index contributed by atoms with van der Waals surface area (Å²) in [5, 5.41) is 9.74. The molecule has 0 aliphatic carbocycles. The third-order valence-corrected chi connectivity index (χ3v) is 2.32. The molecule has 0 aliphatic heterocycles. The molecule has 3 nitrogen and oxygen atoms in total. The number of aliphatic hydroxyl groups excluding tert-OH is 1. The second-order valence-corrected chi connectivity index (χ2v) is 3.73. The van der Waals surface area contributed by atoms with Crippen LogP contribution in [0.5, 0.6) is 0 Å². The van der Waals surface area contributed by atoms with Gasteiger partial charge in [-0.25, -0.2) is 0 Å². The van der Waals surface area contributed by atoms with Gasteiger partial charge in [-0.1, -0.05) is 24.6 Å². The molecule has 0 aromatic heterocycles. The molecule has 1 rings (SSSR count). The van der Waals surface area contributed by atoms with Gasteiger partial charge in [0.2, 0.25) is 0 Å². The van der Waals surface area contributed by atoms with Crippen molar-refractivity contribution >= 4 is 24.1 Å². The van der Waals surface area contributed by atoms with Gasteiger partial charge in [-0.15, -0.1) is 0 Å². The van der Waals surface area contributed by atoms with Crippen molar-refractivity contribution in [3.63, 3.8) is 0 Å². The van der Waals surface area contributed by atoms with Crippen LogP contribution in [-0.2, 0) is 11.3 Å². The molecule has 0 spiro atoms.